The van der Waals surface area contributed by atoms with Gasteiger partial charge in [0, 0.05) is 5.92 Å². The number of ether oxygens (including phenoxy) is 1. The summed E-state index contributed by atoms with van der Waals surface area (Å²) in [5.74, 6) is -0.600. The van der Waals surface area contributed by atoms with Gasteiger partial charge in [0.25, 0.3) is 5.91 Å². The number of hydrogen-bond acceptors (Lipinski definition) is 5. The Hall–Kier alpha value is -2.54. The van der Waals surface area contributed by atoms with Crippen molar-refractivity contribution in [2.24, 2.45) is 0 Å². The highest BCUT2D eigenvalue weighted by Gasteiger charge is 2.32. The van der Waals surface area contributed by atoms with Crippen molar-refractivity contribution in [3.05, 3.63) is 46.1 Å². The molecule has 3 rings (SSSR count). The lowest BCUT2D eigenvalue weighted by Gasteiger charge is -2.15. The molecule has 1 aliphatic rings. The van der Waals surface area contributed by atoms with Crippen LogP contribution in [0.4, 0.5) is 0 Å². The van der Waals surface area contributed by atoms with Crippen molar-refractivity contribution >= 4 is 23.5 Å². The molecule has 1 aliphatic carbocycles. The fourth-order valence-electron chi connectivity index (χ4n) is 2.48. The maximum atomic E-state index is 12.5. The molecule has 0 radical (unpaired) electrons. The molecule has 1 amide bonds. The number of aliphatic carboxylic acids is 1. The number of amides is 1. The largest absolute Gasteiger partial charge is 0.495 e. The van der Waals surface area contributed by atoms with Crippen LogP contribution in [0, 0.1) is 6.92 Å². The van der Waals surface area contributed by atoms with Crippen LogP contribution < -0.4 is 10.1 Å². The van der Waals surface area contributed by atoms with E-state index in [2.05, 4.69) is 10.3 Å². The lowest BCUT2D eigenvalue weighted by atomic mass is 10.1. The number of hydrogen-bond donors (Lipinski definition) is 2. The molecule has 1 unspecified atom stereocenters. The summed E-state index contributed by atoms with van der Waals surface area (Å²) in [6, 6.07) is 3.25. The summed E-state index contributed by atoms with van der Waals surface area (Å²) >= 11 is 6.04. The molecule has 1 heterocycles. The van der Waals surface area contributed by atoms with E-state index < -0.39 is 17.9 Å². The van der Waals surface area contributed by atoms with Gasteiger partial charge in [0.1, 0.15) is 5.75 Å². The maximum absolute atomic E-state index is 12.5. The second-order valence-electron chi connectivity index (χ2n) is 5.88. The Balaban J connectivity index is 1.83. The summed E-state index contributed by atoms with van der Waals surface area (Å²) in [6.45, 7) is 1.66. The van der Waals surface area contributed by atoms with Gasteiger partial charge in [-0.2, -0.15) is 0 Å². The van der Waals surface area contributed by atoms with Gasteiger partial charge in [-0.25, -0.2) is 9.78 Å². The fourth-order valence-corrected chi connectivity index (χ4v) is 2.75. The molecule has 0 saturated heterocycles. The zero-order chi connectivity index (χ0) is 18.1. The molecule has 0 spiro atoms. The third kappa shape index (κ3) is 3.61. The number of aromatic nitrogens is 1. The summed E-state index contributed by atoms with van der Waals surface area (Å²) in [5, 5.41) is 12.2. The number of carboxylic acids is 1. The molecule has 8 heteroatoms. The molecule has 0 bridgehead atoms. The maximum Gasteiger partial charge on any atom is 0.330 e. The predicted molar refractivity (Wildman–Crippen MR) is 89.1 cm³/mol. The number of carbonyl (C=O) groups is 2. The van der Waals surface area contributed by atoms with Gasteiger partial charge in [0.05, 0.1) is 17.8 Å². The van der Waals surface area contributed by atoms with E-state index in [0.29, 0.717) is 22.9 Å². The van der Waals surface area contributed by atoms with E-state index in [1.807, 2.05) is 0 Å². The second kappa shape index (κ2) is 6.76. The third-order valence-corrected chi connectivity index (χ3v) is 4.27. The Morgan fingerprint density at radius 2 is 2.16 bits per heavy atom. The molecule has 2 aromatic rings. The SMILES string of the molecule is COc1ccc(C(NC(=O)c2oc(C3CC3)nc2C)C(=O)O)cc1Cl. The normalized spacial score (nSPS) is 14.8. The zero-order valence-electron chi connectivity index (χ0n) is 13.7. The highest BCUT2D eigenvalue weighted by atomic mass is 35.5. The van der Waals surface area contributed by atoms with Crippen molar-refractivity contribution in [1.82, 2.24) is 10.3 Å². The second-order valence-corrected chi connectivity index (χ2v) is 6.29. The predicted octanol–water partition coefficient (Wildman–Crippen LogP) is 3.08. The van der Waals surface area contributed by atoms with Gasteiger partial charge >= 0.3 is 5.97 Å². The van der Waals surface area contributed by atoms with Crippen LogP contribution in [0.3, 0.4) is 0 Å². The average Bonchev–Trinajstić information content (AvgIpc) is 3.34. The third-order valence-electron chi connectivity index (χ3n) is 3.98. The Bertz CT molecular complexity index is 828. The van der Waals surface area contributed by atoms with Crippen LogP contribution in [0.5, 0.6) is 5.75 Å². The summed E-state index contributed by atoms with van der Waals surface area (Å²) in [4.78, 5) is 28.3. The number of methoxy groups -OCH3 is 1. The van der Waals surface area contributed by atoms with Gasteiger partial charge in [0.15, 0.2) is 11.9 Å². The molecule has 1 fully saturated rings. The number of carboxylic acid groups (broad SMARTS) is 1. The molecule has 1 aromatic carbocycles. The van der Waals surface area contributed by atoms with Gasteiger partial charge in [-0.15, -0.1) is 0 Å². The zero-order valence-corrected chi connectivity index (χ0v) is 14.5. The smallest absolute Gasteiger partial charge is 0.330 e. The van der Waals surface area contributed by atoms with Gasteiger partial charge in [-0.3, -0.25) is 4.79 Å². The molecule has 7 nitrogen and oxygen atoms in total. The van der Waals surface area contributed by atoms with E-state index in [9.17, 15) is 14.7 Å². The number of halogens is 1. The first-order valence-corrected chi connectivity index (χ1v) is 8.13. The number of aryl methyl sites for hydroxylation is 1. The molecule has 132 valence electrons. The summed E-state index contributed by atoms with van der Waals surface area (Å²) in [5.41, 5.74) is 0.766. The quantitative estimate of drug-likeness (QED) is 0.816. The van der Waals surface area contributed by atoms with Crippen LogP contribution in [0.25, 0.3) is 0 Å². The molecule has 25 heavy (non-hydrogen) atoms. The van der Waals surface area contributed by atoms with Crippen molar-refractivity contribution in [2.75, 3.05) is 7.11 Å². The minimum absolute atomic E-state index is 0.0350. The van der Waals surface area contributed by atoms with E-state index in [4.69, 9.17) is 20.8 Å². The molecule has 2 N–H and O–H groups in total. The summed E-state index contributed by atoms with van der Waals surface area (Å²) in [6.07, 6.45) is 1.98. The number of carbonyl (C=O) groups excluding carboxylic acids is 1. The Labute approximate surface area is 149 Å². The number of nitrogens with zero attached hydrogens (tertiary/aromatic N) is 1. The highest BCUT2D eigenvalue weighted by molar-refractivity contribution is 6.32. The molecular formula is C17H17ClN2O5. The van der Waals surface area contributed by atoms with Crippen LogP contribution in [-0.4, -0.2) is 29.1 Å². The molecule has 1 aromatic heterocycles. The Morgan fingerprint density at radius 1 is 1.44 bits per heavy atom. The molecule has 0 aliphatic heterocycles. The average molecular weight is 365 g/mol. The number of oxazole rings is 1. The Kier molecular flexibility index (Phi) is 4.67. The van der Waals surface area contributed by atoms with Crippen molar-refractivity contribution in [1.29, 1.82) is 0 Å². The Morgan fingerprint density at radius 3 is 2.72 bits per heavy atom. The van der Waals surface area contributed by atoms with E-state index in [1.165, 1.54) is 19.2 Å². The van der Waals surface area contributed by atoms with E-state index >= 15 is 0 Å². The monoisotopic (exact) mass is 364 g/mol. The topological polar surface area (TPSA) is 102 Å². The van der Waals surface area contributed by atoms with E-state index in [1.54, 1.807) is 13.0 Å². The first-order valence-electron chi connectivity index (χ1n) is 7.75. The molecular weight excluding hydrogens is 348 g/mol. The van der Waals surface area contributed by atoms with Crippen molar-refractivity contribution < 1.29 is 23.8 Å². The van der Waals surface area contributed by atoms with Crippen molar-refractivity contribution in [3.63, 3.8) is 0 Å². The van der Waals surface area contributed by atoms with Gasteiger partial charge in [-0.05, 0) is 37.5 Å². The van der Waals surface area contributed by atoms with Gasteiger partial charge in [0.2, 0.25) is 5.76 Å². The lowest BCUT2D eigenvalue weighted by molar-refractivity contribution is -0.139. The number of nitrogens with one attached hydrogen (secondary N) is 1. The van der Waals surface area contributed by atoms with Crippen molar-refractivity contribution in [3.8, 4) is 5.75 Å². The molecule has 1 saturated carbocycles. The van der Waals surface area contributed by atoms with E-state index in [-0.39, 0.29) is 16.7 Å². The van der Waals surface area contributed by atoms with Crippen LogP contribution in [0.2, 0.25) is 5.02 Å². The standard InChI is InChI=1S/C17H17ClN2O5/c1-8-14(25-16(19-8)9-3-4-9)15(21)20-13(17(22)23)10-5-6-12(24-2)11(18)7-10/h5-7,9,13H,3-4H2,1-2H3,(H,20,21)(H,22,23). The minimum Gasteiger partial charge on any atom is -0.495 e. The fraction of sp³-hybridized carbons (Fsp3) is 0.353. The summed E-state index contributed by atoms with van der Waals surface area (Å²) in [7, 11) is 1.46. The van der Waals surface area contributed by atoms with E-state index in [0.717, 1.165) is 12.8 Å². The lowest BCUT2D eigenvalue weighted by Crippen LogP contribution is -2.33. The first-order chi connectivity index (χ1) is 11.9. The van der Waals surface area contributed by atoms with Crippen molar-refractivity contribution in [2.45, 2.75) is 31.7 Å². The number of benzene rings is 1. The van der Waals surface area contributed by atoms with Gasteiger partial charge < -0.3 is 19.6 Å². The number of rotatable bonds is 6. The minimum atomic E-state index is -1.27. The summed E-state index contributed by atoms with van der Waals surface area (Å²) < 4.78 is 10.6. The first kappa shape index (κ1) is 17.3. The van der Waals surface area contributed by atoms with Crippen LogP contribution in [0.15, 0.2) is 22.6 Å². The van der Waals surface area contributed by atoms with Crippen LogP contribution in [0.1, 0.15) is 52.5 Å². The molecule has 1 atom stereocenters. The van der Waals surface area contributed by atoms with Crippen LogP contribution in [-0.2, 0) is 4.79 Å². The highest BCUT2D eigenvalue weighted by Crippen LogP contribution is 2.40. The van der Waals surface area contributed by atoms with Gasteiger partial charge in [-0.1, -0.05) is 17.7 Å². The van der Waals surface area contributed by atoms with Crippen LogP contribution >= 0.6 is 11.6 Å².